The molecule has 0 aliphatic heterocycles. The molecule has 0 atom stereocenters. The van der Waals surface area contributed by atoms with E-state index >= 15 is 0 Å². The van der Waals surface area contributed by atoms with Crippen LogP contribution in [0.2, 0.25) is 0 Å². The maximum atomic E-state index is 12.3. The first-order valence-corrected chi connectivity index (χ1v) is 13.9. The van der Waals surface area contributed by atoms with Crippen molar-refractivity contribution in [3.8, 4) is 5.75 Å². The largest absolute Gasteiger partial charge is 0.492 e. The molecule has 0 bridgehead atoms. The van der Waals surface area contributed by atoms with Gasteiger partial charge in [-0.3, -0.25) is 4.79 Å². The number of carbonyl (C=O) groups excluding carboxylic acids is 1. The summed E-state index contributed by atoms with van der Waals surface area (Å²) in [5.74, 6) is 2.54. The molecular weight excluding hydrogens is 446 g/mol. The van der Waals surface area contributed by atoms with Gasteiger partial charge in [-0.05, 0) is 60.9 Å². The maximum absolute atomic E-state index is 12.3. The van der Waals surface area contributed by atoms with E-state index in [1.807, 2.05) is 6.07 Å². The molecule has 3 aromatic rings. The van der Waals surface area contributed by atoms with Crippen LogP contribution in [0.1, 0.15) is 83.5 Å². The average molecular weight is 490 g/mol. The van der Waals surface area contributed by atoms with Gasteiger partial charge in [0.05, 0.1) is 17.6 Å². The number of rotatable bonds is 11. The summed E-state index contributed by atoms with van der Waals surface area (Å²) in [5.41, 5.74) is 3.66. The van der Waals surface area contributed by atoms with Crippen molar-refractivity contribution in [3.63, 3.8) is 0 Å². The Morgan fingerprint density at radius 2 is 1.75 bits per heavy atom. The van der Waals surface area contributed by atoms with E-state index < -0.39 is 0 Å². The van der Waals surface area contributed by atoms with Crippen LogP contribution in [0.25, 0.3) is 11.0 Å². The Labute approximate surface area is 216 Å². The predicted octanol–water partition coefficient (Wildman–Crippen LogP) is 6.82. The third kappa shape index (κ3) is 7.11. The van der Waals surface area contributed by atoms with E-state index in [-0.39, 0.29) is 17.2 Å². The summed E-state index contributed by atoms with van der Waals surface area (Å²) in [6, 6.07) is 16.8. The predicted molar refractivity (Wildman–Crippen MR) is 148 cm³/mol. The van der Waals surface area contributed by atoms with E-state index in [0.29, 0.717) is 6.61 Å². The summed E-state index contributed by atoms with van der Waals surface area (Å²) in [6.45, 7) is 8.84. The monoisotopic (exact) mass is 489 g/mol. The van der Waals surface area contributed by atoms with Crippen molar-refractivity contribution in [1.82, 2.24) is 14.9 Å². The normalized spacial score (nSPS) is 14.8. The number of hydrogen-bond donors (Lipinski definition) is 1. The van der Waals surface area contributed by atoms with E-state index in [2.05, 4.69) is 73.1 Å². The van der Waals surface area contributed by atoms with Crippen molar-refractivity contribution in [2.45, 2.75) is 90.5 Å². The number of aromatic nitrogens is 2. The fourth-order valence-corrected chi connectivity index (χ4v) is 5.18. The highest BCUT2D eigenvalue weighted by atomic mass is 16.5. The van der Waals surface area contributed by atoms with Gasteiger partial charge in [-0.25, -0.2) is 4.98 Å². The van der Waals surface area contributed by atoms with E-state index in [1.165, 1.54) is 30.3 Å². The Morgan fingerprint density at radius 1 is 1.00 bits per heavy atom. The molecule has 1 heterocycles. The van der Waals surface area contributed by atoms with Crippen LogP contribution in [0.5, 0.6) is 5.75 Å². The second-order valence-electron chi connectivity index (χ2n) is 11.2. The summed E-state index contributed by atoms with van der Waals surface area (Å²) in [5, 5.41) is 3.16. The van der Waals surface area contributed by atoms with Gasteiger partial charge in [-0.2, -0.15) is 0 Å². The molecular formula is C31H43N3O2. The van der Waals surface area contributed by atoms with Gasteiger partial charge in [0.25, 0.3) is 0 Å². The van der Waals surface area contributed by atoms with E-state index in [9.17, 15) is 4.79 Å². The first-order chi connectivity index (χ1) is 17.4. The second-order valence-corrected chi connectivity index (χ2v) is 11.2. The first-order valence-electron chi connectivity index (χ1n) is 13.9. The molecule has 1 N–H and O–H groups in total. The fraction of sp³-hybridized carbons (Fsp3) is 0.548. The van der Waals surface area contributed by atoms with Gasteiger partial charge in [0, 0.05) is 18.9 Å². The zero-order chi connectivity index (χ0) is 25.4. The lowest BCUT2D eigenvalue weighted by Gasteiger charge is -2.20. The van der Waals surface area contributed by atoms with Gasteiger partial charge < -0.3 is 14.6 Å². The number of carbonyl (C=O) groups is 1. The van der Waals surface area contributed by atoms with Crippen LogP contribution in [0.15, 0.2) is 48.5 Å². The number of aryl methyl sites for hydroxylation is 1. The number of nitrogens with zero attached hydrogens (tertiary/aromatic N) is 2. The van der Waals surface area contributed by atoms with Crippen LogP contribution in [0, 0.1) is 5.92 Å². The number of unbranched alkanes of at least 4 members (excludes halogenated alkanes) is 2. The molecule has 1 fully saturated rings. The molecule has 1 aliphatic carbocycles. The Kier molecular flexibility index (Phi) is 9.06. The molecule has 1 saturated carbocycles. The van der Waals surface area contributed by atoms with Gasteiger partial charge in [-0.15, -0.1) is 0 Å². The number of ether oxygens (including phenoxy) is 1. The highest BCUT2D eigenvalue weighted by Crippen LogP contribution is 2.25. The van der Waals surface area contributed by atoms with Gasteiger partial charge in [0.2, 0.25) is 5.91 Å². The molecule has 2 aromatic carbocycles. The van der Waals surface area contributed by atoms with Crippen LogP contribution in [-0.2, 0) is 23.2 Å². The van der Waals surface area contributed by atoms with Crippen molar-refractivity contribution >= 4 is 16.9 Å². The molecule has 0 spiro atoms. The number of hydrogen-bond acceptors (Lipinski definition) is 3. The van der Waals surface area contributed by atoms with Crippen LogP contribution < -0.4 is 10.1 Å². The molecule has 1 aliphatic rings. The number of para-hydroxylation sites is 2. The number of amides is 1. The van der Waals surface area contributed by atoms with Gasteiger partial charge >= 0.3 is 0 Å². The zero-order valence-electron chi connectivity index (χ0n) is 22.4. The fourth-order valence-electron chi connectivity index (χ4n) is 5.18. The van der Waals surface area contributed by atoms with Crippen molar-refractivity contribution in [2.24, 2.45) is 5.92 Å². The Balaban J connectivity index is 1.25. The smallest absolute Gasteiger partial charge is 0.223 e. The molecule has 1 aromatic heterocycles. The van der Waals surface area contributed by atoms with E-state index in [4.69, 9.17) is 9.72 Å². The second kappa shape index (κ2) is 12.4. The molecule has 36 heavy (non-hydrogen) atoms. The molecule has 194 valence electrons. The number of fused-ring (bicyclic) bond motifs is 1. The lowest BCUT2D eigenvalue weighted by Crippen LogP contribution is -2.32. The molecule has 5 heteroatoms. The zero-order valence-corrected chi connectivity index (χ0v) is 22.4. The van der Waals surface area contributed by atoms with Crippen molar-refractivity contribution in [2.75, 3.05) is 13.2 Å². The minimum Gasteiger partial charge on any atom is -0.492 e. The Hall–Kier alpha value is -2.82. The van der Waals surface area contributed by atoms with Crippen LogP contribution in [-0.4, -0.2) is 28.6 Å². The van der Waals surface area contributed by atoms with Crippen LogP contribution in [0.4, 0.5) is 0 Å². The highest BCUT2D eigenvalue weighted by Gasteiger charge is 2.20. The van der Waals surface area contributed by atoms with Gasteiger partial charge in [0.15, 0.2) is 0 Å². The topological polar surface area (TPSA) is 56.1 Å². The third-order valence-electron chi connectivity index (χ3n) is 7.39. The number of nitrogens with one attached hydrogen (secondary N) is 1. The summed E-state index contributed by atoms with van der Waals surface area (Å²) >= 11 is 0. The lowest BCUT2D eigenvalue weighted by molar-refractivity contribution is -0.125. The maximum Gasteiger partial charge on any atom is 0.223 e. The van der Waals surface area contributed by atoms with Crippen molar-refractivity contribution in [3.05, 3.63) is 59.9 Å². The van der Waals surface area contributed by atoms with Gasteiger partial charge in [-0.1, -0.05) is 70.7 Å². The lowest BCUT2D eigenvalue weighted by atomic mass is 9.87. The highest BCUT2D eigenvalue weighted by molar-refractivity contribution is 5.78. The minimum absolute atomic E-state index is 0.143. The molecule has 0 radical (unpaired) electrons. The molecule has 0 saturated heterocycles. The van der Waals surface area contributed by atoms with Gasteiger partial charge in [0.1, 0.15) is 18.2 Å². The summed E-state index contributed by atoms with van der Waals surface area (Å²) < 4.78 is 8.40. The minimum atomic E-state index is 0.143. The SMILES string of the molecule is CC(C)(C)c1ccc(OCCn2c(CCCCCNC(=O)C3CCCCC3)nc3ccccc32)cc1. The van der Waals surface area contributed by atoms with E-state index in [0.717, 1.165) is 68.7 Å². The van der Waals surface area contributed by atoms with E-state index in [1.54, 1.807) is 0 Å². The third-order valence-corrected chi connectivity index (χ3v) is 7.39. The Bertz CT molecular complexity index is 1110. The van der Waals surface area contributed by atoms with Crippen molar-refractivity contribution in [1.29, 1.82) is 0 Å². The first kappa shape index (κ1) is 26.2. The van der Waals surface area contributed by atoms with Crippen LogP contribution in [0.3, 0.4) is 0 Å². The summed E-state index contributed by atoms with van der Waals surface area (Å²) in [6.07, 6.45) is 9.93. The standard InChI is InChI=1S/C31H43N3O2/c1-31(2,3)25-17-19-26(20-18-25)36-23-22-34-28-15-10-9-14-27(28)33-29(34)16-8-5-11-21-32-30(35)24-12-6-4-7-13-24/h9-10,14-15,17-20,24H,4-8,11-13,16,21-23H2,1-3H3,(H,32,35). The summed E-state index contributed by atoms with van der Waals surface area (Å²) in [7, 11) is 0. The number of imidazole rings is 1. The quantitative estimate of drug-likeness (QED) is 0.301. The average Bonchev–Trinajstić information content (AvgIpc) is 3.23. The van der Waals surface area contributed by atoms with Crippen molar-refractivity contribution < 1.29 is 9.53 Å². The molecule has 4 rings (SSSR count). The molecule has 5 nitrogen and oxygen atoms in total. The molecule has 0 unspecified atom stereocenters. The number of benzene rings is 2. The molecule has 1 amide bonds. The Morgan fingerprint density at radius 3 is 2.50 bits per heavy atom. The summed E-state index contributed by atoms with van der Waals surface area (Å²) in [4.78, 5) is 17.2. The van der Waals surface area contributed by atoms with Crippen LogP contribution >= 0.6 is 0 Å².